The first-order valence-corrected chi connectivity index (χ1v) is 7.46. The molecule has 0 unspecified atom stereocenters. The van der Waals surface area contributed by atoms with Crippen molar-refractivity contribution in [2.45, 2.75) is 13.8 Å². The quantitative estimate of drug-likeness (QED) is 0.559. The van der Waals surface area contributed by atoms with E-state index in [-0.39, 0.29) is 0 Å². The minimum Gasteiger partial charge on any atom is -0.272 e. The van der Waals surface area contributed by atoms with Crippen molar-refractivity contribution < 1.29 is 0 Å². The zero-order valence-electron chi connectivity index (χ0n) is 12.2. The lowest BCUT2D eigenvalue weighted by Gasteiger charge is -1.96. The zero-order chi connectivity index (χ0) is 15.3. The molecule has 0 saturated heterocycles. The van der Waals surface area contributed by atoms with Crippen LogP contribution >= 0.6 is 11.3 Å². The van der Waals surface area contributed by atoms with Crippen molar-refractivity contribution in [3.63, 3.8) is 0 Å². The van der Waals surface area contributed by atoms with Gasteiger partial charge in [0.25, 0.3) is 0 Å². The lowest BCUT2D eigenvalue weighted by atomic mass is 10.2. The number of hydrogen-bond donors (Lipinski definition) is 0. The molecule has 22 heavy (non-hydrogen) atoms. The van der Waals surface area contributed by atoms with E-state index in [4.69, 9.17) is 0 Å². The third-order valence-electron chi connectivity index (χ3n) is 3.51. The third-order valence-corrected chi connectivity index (χ3v) is 4.42. The Kier molecular flexibility index (Phi) is 2.76. The molecule has 0 aromatic carbocycles. The zero-order valence-corrected chi connectivity index (χ0v) is 13.0. The summed E-state index contributed by atoms with van der Waals surface area (Å²) in [6.07, 6.45) is 4.89. The van der Waals surface area contributed by atoms with E-state index in [1.165, 1.54) is 11.3 Å². The first-order chi connectivity index (χ1) is 10.6. The van der Waals surface area contributed by atoms with Gasteiger partial charge in [-0.1, -0.05) is 11.3 Å². The van der Waals surface area contributed by atoms with Gasteiger partial charge in [0.1, 0.15) is 5.69 Å². The van der Waals surface area contributed by atoms with Gasteiger partial charge in [0, 0.05) is 25.1 Å². The molecule has 0 atom stereocenters. The van der Waals surface area contributed by atoms with Crippen molar-refractivity contribution in [2.24, 2.45) is 7.05 Å². The van der Waals surface area contributed by atoms with Gasteiger partial charge >= 0.3 is 0 Å². The molecule has 0 amide bonds. The van der Waals surface area contributed by atoms with Crippen LogP contribution in [0.5, 0.6) is 0 Å². The fraction of sp³-hybridized carbons (Fsp3) is 0.231. The molecule has 8 nitrogen and oxygen atoms in total. The van der Waals surface area contributed by atoms with Gasteiger partial charge in [-0.2, -0.15) is 14.7 Å². The first kappa shape index (κ1) is 13.0. The number of aryl methyl sites for hydroxylation is 2. The molecule has 4 rings (SSSR count). The fourth-order valence-corrected chi connectivity index (χ4v) is 3.36. The van der Waals surface area contributed by atoms with Crippen LogP contribution in [0.3, 0.4) is 0 Å². The summed E-state index contributed by atoms with van der Waals surface area (Å²) >= 11 is 1.48. The number of hydrogen-bond acceptors (Lipinski definition) is 7. The molecule has 0 radical (unpaired) electrons. The van der Waals surface area contributed by atoms with Gasteiger partial charge in [-0.15, -0.1) is 10.2 Å². The summed E-state index contributed by atoms with van der Waals surface area (Å²) in [7, 11) is 1.93. The van der Waals surface area contributed by atoms with E-state index >= 15 is 0 Å². The molecule has 0 aliphatic heterocycles. The van der Waals surface area contributed by atoms with Gasteiger partial charge < -0.3 is 0 Å². The third kappa shape index (κ3) is 1.82. The molecule has 9 heteroatoms. The predicted molar refractivity (Wildman–Crippen MR) is 81.4 cm³/mol. The van der Waals surface area contributed by atoms with E-state index in [1.807, 2.05) is 25.6 Å². The van der Waals surface area contributed by atoms with E-state index in [2.05, 4.69) is 30.4 Å². The molecule has 4 aromatic heterocycles. The monoisotopic (exact) mass is 312 g/mol. The van der Waals surface area contributed by atoms with Crippen molar-refractivity contribution in [1.29, 1.82) is 0 Å². The van der Waals surface area contributed by atoms with Gasteiger partial charge in [-0.3, -0.25) is 9.67 Å². The molecule has 110 valence electrons. The minimum absolute atomic E-state index is 0.588. The molecular weight excluding hydrogens is 300 g/mol. The topological polar surface area (TPSA) is 86.7 Å². The van der Waals surface area contributed by atoms with Gasteiger partial charge in [0.15, 0.2) is 5.01 Å². The molecule has 0 bridgehead atoms. The maximum absolute atomic E-state index is 4.64. The Balaban J connectivity index is 1.91. The second-order valence-corrected chi connectivity index (χ2v) is 5.84. The average molecular weight is 312 g/mol. The minimum atomic E-state index is 0.588. The van der Waals surface area contributed by atoms with Crippen LogP contribution in [0.25, 0.3) is 27.1 Å². The number of nitrogens with zero attached hydrogens (tertiary/aromatic N) is 8. The summed E-state index contributed by atoms with van der Waals surface area (Å²) in [6.45, 7) is 4.01. The van der Waals surface area contributed by atoms with Gasteiger partial charge in [0.05, 0.1) is 17.5 Å². The van der Waals surface area contributed by atoms with Crippen molar-refractivity contribution in [2.75, 3.05) is 0 Å². The lowest BCUT2D eigenvalue weighted by Crippen LogP contribution is -1.94. The maximum atomic E-state index is 4.64. The average Bonchev–Trinajstić information content (AvgIpc) is 3.14. The van der Waals surface area contributed by atoms with E-state index in [0.717, 1.165) is 26.9 Å². The Labute approximate surface area is 129 Å². The van der Waals surface area contributed by atoms with Gasteiger partial charge in [-0.05, 0) is 13.8 Å². The number of aromatic nitrogens is 8. The summed E-state index contributed by atoms with van der Waals surface area (Å²) in [6, 6.07) is 0. The maximum Gasteiger partial charge on any atom is 0.235 e. The highest BCUT2D eigenvalue weighted by molar-refractivity contribution is 7.19. The van der Waals surface area contributed by atoms with E-state index in [0.29, 0.717) is 11.5 Å². The SMILES string of the molecule is Cc1nn(C)c(C)c1-c1nn2c(-c3cnccn3)nnc2s1. The van der Waals surface area contributed by atoms with Crippen LogP contribution in [0.4, 0.5) is 0 Å². The van der Waals surface area contributed by atoms with Crippen LogP contribution in [-0.4, -0.2) is 39.6 Å². The van der Waals surface area contributed by atoms with E-state index in [9.17, 15) is 0 Å². The van der Waals surface area contributed by atoms with Crippen LogP contribution in [0.2, 0.25) is 0 Å². The lowest BCUT2D eigenvalue weighted by molar-refractivity contribution is 0.731. The second kappa shape index (κ2) is 4.67. The molecule has 4 aromatic rings. The van der Waals surface area contributed by atoms with Crippen LogP contribution < -0.4 is 0 Å². The predicted octanol–water partition coefficient (Wildman–Crippen LogP) is 1.66. The molecule has 0 aliphatic rings. The molecule has 4 heterocycles. The Hall–Kier alpha value is -2.68. The first-order valence-electron chi connectivity index (χ1n) is 6.64. The summed E-state index contributed by atoms with van der Waals surface area (Å²) in [5.74, 6) is 0.588. The summed E-state index contributed by atoms with van der Waals surface area (Å²) in [5.41, 5.74) is 3.71. The van der Waals surface area contributed by atoms with Crippen LogP contribution in [0.1, 0.15) is 11.4 Å². The standard InChI is InChI=1S/C13H12N8S/c1-7-10(8(2)20(3)18-7)12-19-21-11(16-17-13(21)22-12)9-6-14-4-5-15-9/h4-6H,1-3H3. The molecular formula is C13H12N8S. The highest BCUT2D eigenvalue weighted by Gasteiger charge is 2.19. The van der Waals surface area contributed by atoms with Crippen molar-refractivity contribution in [3.8, 4) is 22.1 Å². The molecule has 0 aliphatic carbocycles. The summed E-state index contributed by atoms with van der Waals surface area (Å²) in [4.78, 5) is 9.04. The van der Waals surface area contributed by atoms with E-state index < -0.39 is 0 Å². The van der Waals surface area contributed by atoms with Crippen molar-refractivity contribution >= 4 is 16.3 Å². The Bertz CT molecular complexity index is 965. The Morgan fingerprint density at radius 2 is 1.95 bits per heavy atom. The largest absolute Gasteiger partial charge is 0.272 e. The second-order valence-electron chi connectivity index (χ2n) is 4.89. The van der Waals surface area contributed by atoms with Crippen molar-refractivity contribution in [1.82, 2.24) is 39.6 Å². The highest BCUT2D eigenvalue weighted by atomic mass is 32.1. The highest BCUT2D eigenvalue weighted by Crippen LogP contribution is 2.31. The summed E-state index contributed by atoms with van der Waals surface area (Å²) < 4.78 is 3.56. The fourth-order valence-electron chi connectivity index (χ4n) is 2.38. The number of fused-ring (bicyclic) bond motifs is 1. The van der Waals surface area contributed by atoms with Crippen LogP contribution in [-0.2, 0) is 7.05 Å². The normalized spacial score (nSPS) is 11.4. The Morgan fingerprint density at radius 3 is 2.64 bits per heavy atom. The summed E-state index contributed by atoms with van der Waals surface area (Å²) in [5, 5.41) is 18.3. The van der Waals surface area contributed by atoms with Crippen LogP contribution in [0.15, 0.2) is 18.6 Å². The molecule has 0 spiro atoms. The molecule has 0 fully saturated rings. The molecule has 0 N–H and O–H groups in total. The van der Waals surface area contributed by atoms with E-state index in [1.54, 1.807) is 23.1 Å². The van der Waals surface area contributed by atoms with Gasteiger partial charge in [0.2, 0.25) is 10.8 Å². The van der Waals surface area contributed by atoms with Gasteiger partial charge in [-0.25, -0.2) is 4.98 Å². The van der Waals surface area contributed by atoms with Crippen molar-refractivity contribution in [3.05, 3.63) is 30.0 Å². The van der Waals surface area contributed by atoms with Crippen LogP contribution in [0, 0.1) is 13.8 Å². The molecule has 0 saturated carbocycles. The number of rotatable bonds is 2. The Morgan fingerprint density at radius 1 is 1.09 bits per heavy atom. The smallest absolute Gasteiger partial charge is 0.235 e.